The van der Waals surface area contributed by atoms with Gasteiger partial charge in [-0.2, -0.15) is 0 Å². The Bertz CT molecular complexity index is 520. The number of furan rings is 1. The van der Waals surface area contributed by atoms with Crippen molar-refractivity contribution in [3.05, 3.63) is 18.4 Å². The van der Waals surface area contributed by atoms with Crippen LogP contribution < -0.4 is 0 Å². The van der Waals surface area contributed by atoms with E-state index in [1.165, 1.54) is 0 Å². The van der Waals surface area contributed by atoms with Gasteiger partial charge in [0.25, 0.3) is 0 Å². The van der Waals surface area contributed by atoms with Crippen LogP contribution in [0, 0.1) is 0 Å². The van der Waals surface area contributed by atoms with Crippen molar-refractivity contribution in [2.45, 2.75) is 24.7 Å². The number of rotatable bonds is 5. The van der Waals surface area contributed by atoms with E-state index in [4.69, 9.17) is 13.9 Å². The topological polar surface area (TPSA) is 62.3 Å². The molecule has 7 heteroatoms. The number of aromatic nitrogens is 3. The highest BCUT2D eigenvalue weighted by molar-refractivity contribution is 7.99. The molecule has 1 saturated heterocycles. The van der Waals surface area contributed by atoms with E-state index in [2.05, 4.69) is 17.1 Å². The summed E-state index contributed by atoms with van der Waals surface area (Å²) in [6.45, 7) is 3.91. The average molecular weight is 281 g/mol. The van der Waals surface area contributed by atoms with Crippen molar-refractivity contribution in [1.29, 1.82) is 0 Å². The van der Waals surface area contributed by atoms with E-state index in [-0.39, 0.29) is 6.10 Å². The molecule has 0 saturated carbocycles. The monoisotopic (exact) mass is 281 g/mol. The summed E-state index contributed by atoms with van der Waals surface area (Å²) >= 11 is 1.63. The van der Waals surface area contributed by atoms with E-state index >= 15 is 0 Å². The SMILES string of the molecule is CCn1c(SCC2COCO2)nnc1-c1ccco1. The third-order valence-corrected chi connectivity index (χ3v) is 3.96. The van der Waals surface area contributed by atoms with Crippen LogP contribution in [0.25, 0.3) is 11.6 Å². The molecule has 0 bridgehead atoms. The van der Waals surface area contributed by atoms with Crippen molar-refractivity contribution in [3.63, 3.8) is 0 Å². The second-order valence-electron chi connectivity index (χ2n) is 4.12. The van der Waals surface area contributed by atoms with Crippen molar-refractivity contribution >= 4 is 11.8 Å². The van der Waals surface area contributed by atoms with E-state index in [1.807, 2.05) is 16.7 Å². The molecule has 2 aromatic rings. The third-order valence-electron chi connectivity index (χ3n) is 2.86. The summed E-state index contributed by atoms with van der Waals surface area (Å²) < 4.78 is 18.0. The van der Waals surface area contributed by atoms with E-state index in [9.17, 15) is 0 Å². The standard InChI is InChI=1S/C12H15N3O3S/c1-2-15-11(10-4-3-5-17-10)13-14-12(15)19-7-9-6-16-8-18-9/h3-5,9H,2,6-8H2,1H3. The van der Waals surface area contributed by atoms with Gasteiger partial charge in [-0.1, -0.05) is 11.8 Å². The Balaban J connectivity index is 1.74. The fraction of sp³-hybridized carbons (Fsp3) is 0.500. The first kappa shape index (κ1) is 12.7. The van der Waals surface area contributed by atoms with E-state index in [1.54, 1.807) is 18.0 Å². The van der Waals surface area contributed by atoms with Crippen molar-refractivity contribution in [3.8, 4) is 11.6 Å². The molecule has 0 aromatic carbocycles. The first-order valence-corrected chi connectivity index (χ1v) is 7.16. The molecule has 19 heavy (non-hydrogen) atoms. The van der Waals surface area contributed by atoms with E-state index in [0.29, 0.717) is 13.4 Å². The van der Waals surface area contributed by atoms with Crippen LogP contribution in [0.3, 0.4) is 0 Å². The highest BCUT2D eigenvalue weighted by Crippen LogP contribution is 2.25. The molecule has 1 atom stereocenters. The van der Waals surface area contributed by atoms with E-state index in [0.717, 1.165) is 29.0 Å². The van der Waals surface area contributed by atoms with Crippen LogP contribution in [0.4, 0.5) is 0 Å². The molecule has 0 amide bonds. The molecular weight excluding hydrogens is 266 g/mol. The summed E-state index contributed by atoms with van der Waals surface area (Å²) in [5, 5.41) is 9.30. The lowest BCUT2D eigenvalue weighted by Gasteiger charge is -2.08. The fourth-order valence-corrected chi connectivity index (χ4v) is 2.90. The first-order chi connectivity index (χ1) is 9.38. The van der Waals surface area contributed by atoms with Gasteiger partial charge >= 0.3 is 0 Å². The number of hydrogen-bond acceptors (Lipinski definition) is 6. The molecular formula is C12H15N3O3S. The van der Waals surface area contributed by atoms with Crippen LogP contribution in [-0.2, 0) is 16.0 Å². The van der Waals surface area contributed by atoms with Gasteiger partial charge in [-0.3, -0.25) is 4.57 Å². The first-order valence-electron chi connectivity index (χ1n) is 6.17. The predicted octanol–water partition coefficient (Wildman–Crippen LogP) is 2.02. The van der Waals surface area contributed by atoms with E-state index < -0.39 is 0 Å². The van der Waals surface area contributed by atoms with Gasteiger partial charge in [0.2, 0.25) is 0 Å². The number of hydrogen-bond donors (Lipinski definition) is 0. The summed E-state index contributed by atoms with van der Waals surface area (Å²) in [6.07, 6.45) is 1.78. The maximum Gasteiger partial charge on any atom is 0.200 e. The normalized spacial score (nSPS) is 19.1. The molecule has 0 aliphatic carbocycles. The van der Waals surface area contributed by atoms with Gasteiger partial charge in [0.05, 0.1) is 19.0 Å². The van der Waals surface area contributed by atoms with Gasteiger partial charge in [0, 0.05) is 12.3 Å². The second-order valence-corrected chi connectivity index (χ2v) is 5.10. The average Bonchev–Trinajstić information content (AvgIpc) is 3.16. The zero-order valence-corrected chi connectivity index (χ0v) is 11.4. The molecule has 3 rings (SSSR count). The number of thioether (sulfide) groups is 1. The molecule has 1 unspecified atom stereocenters. The Kier molecular flexibility index (Phi) is 3.86. The van der Waals surface area contributed by atoms with Gasteiger partial charge in [0.1, 0.15) is 6.79 Å². The molecule has 102 valence electrons. The minimum absolute atomic E-state index is 0.138. The lowest BCUT2D eigenvalue weighted by molar-refractivity contribution is 0.0524. The molecule has 6 nitrogen and oxygen atoms in total. The summed E-state index contributed by atoms with van der Waals surface area (Å²) in [5.74, 6) is 2.32. The largest absolute Gasteiger partial charge is 0.461 e. The highest BCUT2D eigenvalue weighted by Gasteiger charge is 2.20. The minimum Gasteiger partial charge on any atom is -0.461 e. The van der Waals surface area contributed by atoms with Crippen LogP contribution in [0.2, 0.25) is 0 Å². The summed E-state index contributed by atoms with van der Waals surface area (Å²) in [7, 11) is 0. The maximum atomic E-state index is 5.41. The van der Waals surface area contributed by atoms with Crippen LogP contribution in [0.1, 0.15) is 6.92 Å². The van der Waals surface area contributed by atoms with Crippen LogP contribution in [0.5, 0.6) is 0 Å². The van der Waals surface area contributed by atoms with Gasteiger partial charge in [0.15, 0.2) is 16.7 Å². The quantitative estimate of drug-likeness (QED) is 0.781. The molecule has 3 heterocycles. The predicted molar refractivity (Wildman–Crippen MR) is 69.8 cm³/mol. The molecule has 0 spiro atoms. The van der Waals surface area contributed by atoms with Crippen molar-refractivity contribution in [2.24, 2.45) is 0 Å². The van der Waals surface area contributed by atoms with Crippen LogP contribution in [0.15, 0.2) is 28.0 Å². The van der Waals surface area contributed by atoms with Gasteiger partial charge < -0.3 is 13.9 Å². The van der Waals surface area contributed by atoms with Gasteiger partial charge in [-0.05, 0) is 19.1 Å². The minimum atomic E-state index is 0.138. The maximum absolute atomic E-state index is 5.41. The van der Waals surface area contributed by atoms with Crippen LogP contribution in [-0.4, -0.2) is 40.0 Å². The molecule has 1 aliphatic heterocycles. The fourth-order valence-electron chi connectivity index (χ4n) is 1.90. The van der Waals surface area contributed by atoms with Crippen molar-refractivity contribution < 1.29 is 13.9 Å². The summed E-state index contributed by atoms with van der Waals surface area (Å²) in [5.41, 5.74) is 0. The summed E-state index contributed by atoms with van der Waals surface area (Å²) in [4.78, 5) is 0. The Morgan fingerprint density at radius 2 is 2.42 bits per heavy atom. The Morgan fingerprint density at radius 3 is 3.11 bits per heavy atom. The lowest BCUT2D eigenvalue weighted by Crippen LogP contribution is -2.13. The lowest BCUT2D eigenvalue weighted by atomic mass is 10.4. The zero-order chi connectivity index (χ0) is 13.1. The van der Waals surface area contributed by atoms with Crippen molar-refractivity contribution in [2.75, 3.05) is 19.2 Å². The second kappa shape index (κ2) is 5.77. The molecule has 2 aromatic heterocycles. The Labute approximate surface area is 115 Å². The molecule has 1 aliphatic rings. The smallest absolute Gasteiger partial charge is 0.200 e. The highest BCUT2D eigenvalue weighted by atomic mass is 32.2. The third kappa shape index (κ3) is 2.68. The molecule has 0 radical (unpaired) electrons. The summed E-state index contributed by atoms with van der Waals surface area (Å²) in [6, 6.07) is 3.74. The molecule has 1 fully saturated rings. The van der Waals surface area contributed by atoms with Gasteiger partial charge in [-0.15, -0.1) is 10.2 Å². The van der Waals surface area contributed by atoms with Crippen LogP contribution >= 0.6 is 11.8 Å². The number of ether oxygens (including phenoxy) is 2. The molecule has 0 N–H and O–H groups in total. The van der Waals surface area contributed by atoms with Gasteiger partial charge in [-0.25, -0.2) is 0 Å². The number of nitrogens with zero attached hydrogens (tertiary/aromatic N) is 3. The zero-order valence-electron chi connectivity index (χ0n) is 10.6. The van der Waals surface area contributed by atoms with Crippen molar-refractivity contribution in [1.82, 2.24) is 14.8 Å². The Morgan fingerprint density at radius 1 is 1.47 bits per heavy atom. The Hall–Kier alpha value is -1.31.